The van der Waals surface area contributed by atoms with E-state index in [0.717, 1.165) is 0 Å². The minimum absolute atomic E-state index is 0.150. The molecule has 2 aliphatic rings. The summed E-state index contributed by atoms with van der Waals surface area (Å²) in [4.78, 5) is 38.1. The number of carbonyl (C=O) groups excluding carboxylic acids is 3. The van der Waals surface area contributed by atoms with E-state index in [2.05, 4.69) is 10.1 Å². The summed E-state index contributed by atoms with van der Waals surface area (Å²) < 4.78 is 27.7. The topological polar surface area (TPSA) is 116 Å². The van der Waals surface area contributed by atoms with Crippen LogP contribution in [-0.2, 0) is 19.6 Å². The van der Waals surface area contributed by atoms with Gasteiger partial charge < -0.3 is 4.90 Å². The van der Waals surface area contributed by atoms with E-state index in [0.29, 0.717) is 37.2 Å². The molecular formula is C20H22N4O5S2. The van der Waals surface area contributed by atoms with Gasteiger partial charge in [-0.2, -0.15) is 0 Å². The Morgan fingerprint density at radius 3 is 2.42 bits per heavy atom. The normalized spacial score (nSPS) is 18.2. The smallest absolute Gasteiger partial charge is 0.253 e. The molecule has 0 radical (unpaired) electrons. The summed E-state index contributed by atoms with van der Waals surface area (Å²) in [7, 11) is -3.53. The number of rotatable bonds is 5. The third-order valence-corrected chi connectivity index (χ3v) is 8.21. The second-order valence-electron chi connectivity index (χ2n) is 7.43. The maximum Gasteiger partial charge on any atom is 0.253 e. The number of nitrogens with zero attached hydrogens (tertiary/aromatic N) is 2. The fourth-order valence-corrected chi connectivity index (χ4v) is 5.93. The van der Waals surface area contributed by atoms with Crippen LogP contribution in [0.15, 0.2) is 46.0 Å². The Kier molecular flexibility index (Phi) is 6.08. The molecule has 3 heterocycles. The molecule has 4 rings (SSSR count). The summed E-state index contributed by atoms with van der Waals surface area (Å²) in [5.41, 5.74) is 3.49. The quantitative estimate of drug-likeness (QED) is 0.699. The SMILES string of the molecule is O=C1CCC(=O)N(c2ccc(C(=O)N3CCC(NS(=O)(=O)c4cccs4)CC3)cc2)N1. The highest BCUT2D eigenvalue weighted by atomic mass is 32.2. The highest BCUT2D eigenvalue weighted by molar-refractivity contribution is 7.91. The predicted octanol–water partition coefficient (Wildman–Crippen LogP) is 1.49. The van der Waals surface area contributed by atoms with Crippen molar-refractivity contribution in [3.05, 3.63) is 47.3 Å². The zero-order valence-electron chi connectivity index (χ0n) is 16.6. The number of hydrogen-bond acceptors (Lipinski definition) is 6. The molecular weight excluding hydrogens is 440 g/mol. The van der Waals surface area contributed by atoms with Crippen molar-refractivity contribution in [3.8, 4) is 0 Å². The Morgan fingerprint density at radius 1 is 1.06 bits per heavy atom. The number of benzene rings is 1. The molecule has 1 aromatic carbocycles. The third-order valence-electron chi connectivity index (χ3n) is 5.29. The van der Waals surface area contributed by atoms with Gasteiger partial charge >= 0.3 is 0 Å². The van der Waals surface area contributed by atoms with E-state index in [-0.39, 0.29) is 40.8 Å². The van der Waals surface area contributed by atoms with Gasteiger partial charge in [0.1, 0.15) is 4.21 Å². The van der Waals surface area contributed by atoms with Gasteiger partial charge in [-0.15, -0.1) is 11.3 Å². The monoisotopic (exact) mass is 462 g/mol. The molecule has 3 amide bonds. The summed E-state index contributed by atoms with van der Waals surface area (Å²) in [5.74, 6) is -0.580. The average molecular weight is 463 g/mol. The van der Waals surface area contributed by atoms with Gasteiger partial charge in [-0.25, -0.2) is 18.1 Å². The van der Waals surface area contributed by atoms with Gasteiger partial charge in [0.05, 0.1) is 5.69 Å². The molecule has 0 spiro atoms. The molecule has 0 saturated carbocycles. The highest BCUT2D eigenvalue weighted by Crippen LogP contribution is 2.21. The van der Waals surface area contributed by atoms with E-state index < -0.39 is 10.0 Å². The molecule has 2 aliphatic heterocycles. The Labute approximate surface area is 184 Å². The zero-order valence-corrected chi connectivity index (χ0v) is 18.2. The Balaban J connectivity index is 1.34. The van der Waals surface area contributed by atoms with Crippen LogP contribution in [0.5, 0.6) is 0 Å². The summed E-state index contributed by atoms with van der Waals surface area (Å²) in [6, 6.07) is 9.54. The van der Waals surface area contributed by atoms with Gasteiger partial charge in [-0.05, 0) is 48.6 Å². The number of sulfonamides is 1. The van der Waals surface area contributed by atoms with E-state index in [1.165, 1.54) is 16.3 Å². The summed E-state index contributed by atoms with van der Waals surface area (Å²) in [5, 5.41) is 2.92. The third kappa shape index (κ3) is 4.78. The summed E-state index contributed by atoms with van der Waals surface area (Å²) in [6.45, 7) is 0.887. The Morgan fingerprint density at radius 2 is 1.77 bits per heavy atom. The van der Waals surface area contributed by atoms with Crippen LogP contribution in [0.25, 0.3) is 0 Å². The van der Waals surface area contributed by atoms with E-state index in [1.54, 1.807) is 46.7 Å². The molecule has 1 aromatic heterocycles. The molecule has 164 valence electrons. The Hall–Kier alpha value is -2.76. The molecule has 2 N–H and O–H groups in total. The lowest BCUT2D eigenvalue weighted by Crippen LogP contribution is -2.50. The van der Waals surface area contributed by atoms with Crippen molar-refractivity contribution in [3.63, 3.8) is 0 Å². The van der Waals surface area contributed by atoms with Crippen LogP contribution >= 0.6 is 11.3 Å². The van der Waals surface area contributed by atoms with Crippen molar-refractivity contribution in [2.45, 2.75) is 35.9 Å². The molecule has 2 fully saturated rings. The lowest BCUT2D eigenvalue weighted by molar-refractivity contribution is -0.130. The summed E-state index contributed by atoms with van der Waals surface area (Å²) in [6.07, 6.45) is 1.38. The van der Waals surface area contributed by atoms with Gasteiger partial charge in [-0.1, -0.05) is 6.07 Å². The van der Waals surface area contributed by atoms with Crippen molar-refractivity contribution in [1.82, 2.24) is 15.0 Å². The van der Waals surface area contributed by atoms with E-state index >= 15 is 0 Å². The van der Waals surface area contributed by atoms with Crippen molar-refractivity contribution >= 4 is 44.8 Å². The molecule has 31 heavy (non-hydrogen) atoms. The van der Waals surface area contributed by atoms with E-state index in [1.807, 2.05) is 0 Å². The van der Waals surface area contributed by atoms with Gasteiger partial charge in [0.2, 0.25) is 21.8 Å². The number of likely N-dealkylation sites (tertiary alicyclic amines) is 1. The van der Waals surface area contributed by atoms with Gasteiger partial charge in [0, 0.05) is 37.5 Å². The Bertz CT molecular complexity index is 1080. The number of piperidine rings is 1. The number of hydrazine groups is 1. The van der Waals surface area contributed by atoms with Gasteiger partial charge in [0.25, 0.3) is 5.91 Å². The largest absolute Gasteiger partial charge is 0.339 e. The lowest BCUT2D eigenvalue weighted by atomic mass is 10.0. The maximum atomic E-state index is 12.8. The first kappa shape index (κ1) is 21.5. The lowest BCUT2D eigenvalue weighted by Gasteiger charge is -2.32. The first-order valence-corrected chi connectivity index (χ1v) is 12.3. The average Bonchev–Trinajstić information content (AvgIpc) is 3.32. The predicted molar refractivity (Wildman–Crippen MR) is 115 cm³/mol. The maximum absolute atomic E-state index is 12.8. The molecule has 11 heteroatoms. The minimum Gasteiger partial charge on any atom is -0.339 e. The van der Waals surface area contributed by atoms with Gasteiger partial charge in [0.15, 0.2) is 0 Å². The molecule has 0 bridgehead atoms. The second-order valence-corrected chi connectivity index (χ2v) is 10.3. The molecule has 0 atom stereocenters. The summed E-state index contributed by atoms with van der Waals surface area (Å²) >= 11 is 1.17. The van der Waals surface area contributed by atoms with Crippen LogP contribution < -0.4 is 15.2 Å². The first-order chi connectivity index (χ1) is 14.8. The first-order valence-electron chi connectivity index (χ1n) is 9.91. The van der Waals surface area contributed by atoms with Crippen LogP contribution in [0, 0.1) is 0 Å². The van der Waals surface area contributed by atoms with Crippen LogP contribution in [-0.4, -0.2) is 50.2 Å². The number of nitrogens with one attached hydrogen (secondary N) is 2. The molecule has 0 aliphatic carbocycles. The number of thiophene rings is 1. The number of hydrogen-bond donors (Lipinski definition) is 2. The number of anilines is 1. The van der Waals surface area contributed by atoms with Crippen molar-refractivity contribution < 1.29 is 22.8 Å². The van der Waals surface area contributed by atoms with Gasteiger partial charge in [-0.3, -0.25) is 19.8 Å². The second kappa shape index (κ2) is 8.77. The van der Waals surface area contributed by atoms with Crippen LogP contribution in [0.1, 0.15) is 36.0 Å². The standard InChI is InChI=1S/C20H22N4O5S2/c25-17-7-8-18(26)24(21-17)16-5-3-14(4-6-16)20(27)23-11-9-15(10-12-23)22-31(28,29)19-2-1-13-30-19/h1-6,13,15,22H,7-12H2,(H,21,25). The molecule has 0 unspecified atom stereocenters. The number of carbonyl (C=O) groups is 3. The molecule has 2 aromatic rings. The van der Waals surface area contributed by atoms with Crippen molar-refractivity contribution in [1.29, 1.82) is 0 Å². The van der Waals surface area contributed by atoms with Crippen molar-refractivity contribution in [2.24, 2.45) is 0 Å². The van der Waals surface area contributed by atoms with Crippen molar-refractivity contribution in [2.75, 3.05) is 18.1 Å². The van der Waals surface area contributed by atoms with E-state index in [4.69, 9.17) is 0 Å². The highest BCUT2D eigenvalue weighted by Gasteiger charge is 2.28. The zero-order chi connectivity index (χ0) is 22.0. The fourth-order valence-electron chi connectivity index (χ4n) is 3.61. The van der Waals surface area contributed by atoms with Crippen LogP contribution in [0.3, 0.4) is 0 Å². The van der Waals surface area contributed by atoms with Crippen LogP contribution in [0.2, 0.25) is 0 Å². The van der Waals surface area contributed by atoms with Crippen LogP contribution in [0.4, 0.5) is 5.69 Å². The molecule has 2 saturated heterocycles. The number of amides is 3. The minimum atomic E-state index is -3.53. The van der Waals surface area contributed by atoms with E-state index in [9.17, 15) is 22.8 Å². The molecule has 9 nitrogen and oxygen atoms in total. The fraction of sp³-hybridized carbons (Fsp3) is 0.350.